The summed E-state index contributed by atoms with van der Waals surface area (Å²) in [6.45, 7) is 0. The number of rotatable bonds is 0. The third kappa shape index (κ3) is 6.15. The quantitative estimate of drug-likeness (QED) is 0.517. The predicted octanol–water partition coefficient (Wildman–Crippen LogP) is 4.18. The molecule has 0 aromatic heterocycles. The summed E-state index contributed by atoms with van der Waals surface area (Å²) in [5, 5.41) is 0. The van der Waals surface area contributed by atoms with Gasteiger partial charge in [-0.3, -0.25) is 0 Å². The third-order valence-electron chi connectivity index (χ3n) is 2.03. The molecule has 0 heteroatoms. The molecule has 0 saturated heterocycles. The second kappa shape index (κ2) is 7.60. The summed E-state index contributed by atoms with van der Waals surface area (Å²) in [6, 6.07) is 0. The zero-order chi connectivity index (χ0) is 9.19. The molecule has 0 N–H and O–H groups in total. The molecule has 0 bridgehead atoms. The van der Waals surface area contributed by atoms with Crippen LogP contribution in [0.25, 0.3) is 0 Å². The van der Waals surface area contributed by atoms with E-state index >= 15 is 0 Å². The zero-order valence-electron chi connectivity index (χ0n) is 8.15. The van der Waals surface area contributed by atoms with Crippen molar-refractivity contribution in [1.29, 1.82) is 0 Å². The predicted molar refractivity (Wildman–Crippen MR) is 59.6 cm³/mol. The fourth-order valence-corrected chi connectivity index (χ4v) is 1.27. The SMILES string of the molecule is C1=CC/C=C/C=C\CCCC/C=C/1. The Balaban J connectivity index is 2.38. The fourth-order valence-electron chi connectivity index (χ4n) is 1.27. The van der Waals surface area contributed by atoms with E-state index in [1.807, 2.05) is 0 Å². The Bertz CT molecular complexity index is 192. The number of hydrogen-bond donors (Lipinski definition) is 0. The first-order valence-corrected chi connectivity index (χ1v) is 5.13. The first-order valence-electron chi connectivity index (χ1n) is 5.13. The van der Waals surface area contributed by atoms with Crippen LogP contribution in [0.5, 0.6) is 0 Å². The molecular formula is C13H18. The number of allylic oxidation sites excluding steroid dienone is 8. The van der Waals surface area contributed by atoms with Crippen LogP contribution in [-0.4, -0.2) is 0 Å². The van der Waals surface area contributed by atoms with Crippen molar-refractivity contribution in [3.8, 4) is 0 Å². The number of hydrogen-bond acceptors (Lipinski definition) is 0. The molecule has 0 amide bonds. The van der Waals surface area contributed by atoms with Gasteiger partial charge in [-0.2, -0.15) is 0 Å². The van der Waals surface area contributed by atoms with Crippen LogP contribution >= 0.6 is 0 Å². The lowest BCUT2D eigenvalue weighted by Gasteiger charge is -1.91. The highest BCUT2D eigenvalue weighted by Gasteiger charge is 1.82. The molecular weight excluding hydrogens is 156 g/mol. The molecule has 1 aliphatic carbocycles. The maximum atomic E-state index is 2.25. The van der Waals surface area contributed by atoms with Crippen molar-refractivity contribution in [2.24, 2.45) is 0 Å². The van der Waals surface area contributed by atoms with E-state index < -0.39 is 0 Å². The summed E-state index contributed by atoms with van der Waals surface area (Å²) in [6.07, 6.45) is 23.5. The minimum Gasteiger partial charge on any atom is -0.0845 e. The van der Waals surface area contributed by atoms with E-state index in [-0.39, 0.29) is 0 Å². The average Bonchev–Trinajstić information content (AvgIpc) is 2.18. The third-order valence-corrected chi connectivity index (χ3v) is 2.03. The van der Waals surface area contributed by atoms with Gasteiger partial charge in [-0.25, -0.2) is 0 Å². The molecule has 0 saturated carbocycles. The van der Waals surface area contributed by atoms with Crippen LogP contribution in [0.15, 0.2) is 48.6 Å². The fraction of sp³-hybridized carbons (Fsp3) is 0.385. The van der Waals surface area contributed by atoms with Gasteiger partial charge in [0.25, 0.3) is 0 Å². The average molecular weight is 174 g/mol. The van der Waals surface area contributed by atoms with E-state index in [4.69, 9.17) is 0 Å². The van der Waals surface area contributed by atoms with Crippen molar-refractivity contribution in [1.82, 2.24) is 0 Å². The second-order valence-corrected chi connectivity index (χ2v) is 3.23. The molecule has 0 radical (unpaired) electrons. The molecule has 0 aliphatic heterocycles. The monoisotopic (exact) mass is 174 g/mol. The van der Waals surface area contributed by atoms with Crippen LogP contribution in [0, 0.1) is 0 Å². The largest absolute Gasteiger partial charge is 0.0845 e. The van der Waals surface area contributed by atoms with Crippen molar-refractivity contribution in [3.05, 3.63) is 48.6 Å². The summed E-state index contributed by atoms with van der Waals surface area (Å²) in [4.78, 5) is 0. The van der Waals surface area contributed by atoms with Gasteiger partial charge in [0, 0.05) is 0 Å². The summed E-state index contributed by atoms with van der Waals surface area (Å²) in [7, 11) is 0. The van der Waals surface area contributed by atoms with Gasteiger partial charge in [-0.05, 0) is 32.1 Å². The highest BCUT2D eigenvalue weighted by Crippen LogP contribution is 2.02. The van der Waals surface area contributed by atoms with Gasteiger partial charge in [-0.1, -0.05) is 48.6 Å². The lowest BCUT2D eigenvalue weighted by atomic mass is 10.2. The molecule has 0 aromatic carbocycles. The smallest absolute Gasteiger partial charge is 0.0163 e. The van der Waals surface area contributed by atoms with E-state index in [1.54, 1.807) is 0 Å². The summed E-state index contributed by atoms with van der Waals surface area (Å²) < 4.78 is 0. The van der Waals surface area contributed by atoms with E-state index in [0.29, 0.717) is 0 Å². The molecule has 1 aliphatic rings. The van der Waals surface area contributed by atoms with Crippen molar-refractivity contribution in [2.75, 3.05) is 0 Å². The Labute approximate surface area is 81.4 Å². The van der Waals surface area contributed by atoms with E-state index in [2.05, 4.69) is 48.6 Å². The van der Waals surface area contributed by atoms with Crippen molar-refractivity contribution >= 4 is 0 Å². The lowest BCUT2D eigenvalue weighted by Crippen LogP contribution is -1.71. The molecule has 0 unspecified atom stereocenters. The Morgan fingerprint density at radius 2 is 1.00 bits per heavy atom. The van der Waals surface area contributed by atoms with E-state index in [0.717, 1.165) is 6.42 Å². The molecule has 0 atom stereocenters. The van der Waals surface area contributed by atoms with Crippen LogP contribution in [0.4, 0.5) is 0 Å². The Hall–Kier alpha value is -1.04. The lowest BCUT2D eigenvalue weighted by molar-refractivity contribution is 0.762. The molecule has 0 aromatic rings. The molecule has 0 heterocycles. The normalized spacial score (nSPS) is 26.5. The summed E-state index contributed by atoms with van der Waals surface area (Å²) in [5.41, 5.74) is 0. The maximum absolute atomic E-state index is 2.25. The second-order valence-electron chi connectivity index (χ2n) is 3.23. The van der Waals surface area contributed by atoms with Crippen molar-refractivity contribution in [2.45, 2.75) is 32.1 Å². The molecule has 13 heavy (non-hydrogen) atoms. The minimum absolute atomic E-state index is 1.04. The van der Waals surface area contributed by atoms with Crippen LogP contribution in [0.3, 0.4) is 0 Å². The zero-order valence-corrected chi connectivity index (χ0v) is 8.15. The molecule has 0 spiro atoms. The highest BCUT2D eigenvalue weighted by atomic mass is 13.9. The Morgan fingerprint density at radius 3 is 1.54 bits per heavy atom. The van der Waals surface area contributed by atoms with Crippen molar-refractivity contribution < 1.29 is 0 Å². The molecule has 1 rings (SSSR count). The van der Waals surface area contributed by atoms with Crippen LogP contribution < -0.4 is 0 Å². The summed E-state index contributed by atoms with van der Waals surface area (Å²) in [5.74, 6) is 0. The minimum atomic E-state index is 1.04. The van der Waals surface area contributed by atoms with Crippen LogP contribution in [0.1, 0.15) is 32.1 Å². The standard InChI is InChI=1S/C13H18/c1-2-4-6-8-10-12-13-11-9-7-5-3-1/h1-4,7,9,11,13H,5-6,8,10,12H2/b3-1+,4-2-,9-7?,13-11+. The van der Waals surface area contributed by atoms with Gasteiger partial charge in [0.05, 0.1) is 0 Å². The summed E-state index contributed by atoms with van der Waals surface area (Å²) >= 11 is 0. The van der Waals surface area contributed by atoms with Gasteiger partial charge in [0.1, 0.15) is 0 Å². The van der Waals surface area contributed by atoms with E-state index in [9.17, 15) is 0 Å². The topological polar surface area (TPSA) is 0 Å². The van der Waals surface area contributed by atoms with Crippen LogP contribution in [0.2, 0.25) is 0 Å². The van der Waals surface area contributed by atoms with Crippen LogP contribution in [-0.2, 0) is 0 Å². The Morgan fingerprint density at radius 1 is 0.538 bits per heavy atom. The van der Waals surface area contributed by atoms with E-state index in [1.165, 1.54) is 25.7 Å². The molecule has 0 fully saturated rings. The Kier molecular flexibility index (Phi) is 5.87. The molecule has 70 valence electrons. The first kappa shape index (κ1) is 10.0. The first-order chi connectivity index (χ1) is 6.50. The molecule has 0 nitrogen and oxygen atoms in total. The maximum Gasteiger partial charge on any atom is -0.0163 e. The van der Waals surface area contributed by atoms with Gasteiger partial charge in [0.2, 0.25) is 0 Å². The highest BCUT2D eigenvalue weighted by molar-refractivity contribution is 5.08. The van der Waals surface area contributed by atoms with Crippen molar-refractivity contribution in [3.63, 3.8) is 0 Å². The van der Waals surface area contributed by atoms with Gasteiger partial charge < -0.3 is 0 Å². The van der Waals surface area contributed by atoms with Gasteiger partial charge >= 0.3 is 0 Å². The van der Waals surface area contributed by atoms with Gasteiger partial charge in [0.15, 0.2) is 0 Å². The van der Waals surface area contributed by atoms with Gasteiger partial charge in [-0.15, -0.1) is 0 Å².